The van der Waals surface area contributed by atoms with Crippen LogP contribution in [0, 0.1) is 5.92 Å². The van der Waals surface area contributed by atoms with Crippen LogP contribution >= 0.6 is 0 Å². The smallest absolute Gasteiger partial charge is 0.237 e. The molecule has 2 atom stereocenters. The predicted molar refractivity (Wildman–Crippen MR) is 58.5 cm³/mol. The summed E-state index contributed by atoms with van der Waals surface area (Å²) in [6, 6.07) is -0.174. The quantitative estimate of drug-likeness (QED) is 0.735. The highest BCUT2D eigenvalue weighted by Gasteiger charge is 2.27. The minimum atomic E-state index is -0.174. The van der Waals surface area contributed by atoms with Crippen LogP contribution in [-0.4, -0.2) is 42.3 Å². The SMILES string of the molecule is CCC(C)C(=O)CN1CCNC(=O)C1C. The average molecular weight is 212 g/mol. The number of nitrogens with one attached hydrogen (secondary N) is 1. The Bertz CT molecular complexity index is 253. The third kappa shape index (κ3) is 3.02. The Hall–Kier alpha value is -0.900. The largest absolute Gasteiger partial charge is 0.353 e. The van der Waals surface area contributed by atoms with Crippen LogP contribution in [0.15, 0.2) is 0 Å². The van der Waals surface area contributed by atoms with Gasteiger partial charge < -0.3 is 5.32 Å². The van der Waals surface area contributed by atoms with Crippen molar-refractivity contribution in [2.75, 3.05) is 19.6 Å². The molecule has 0 spiro atoms. The molecule has 1 amide bonds. The van der Waals surface area contributed by atoms with Gasteiger partial charge in [-0.3, -0.25) is 14.5 Å². The van der Waals surface area contributed by atoms with Crippen LogP contribution in [0.2, 0.25) is 0 Å². The monoisotopic (exact) mass is 212 g/mol. The van der Waals surface area contributed by atoms with E-state index in [-0.39, 0.29) is 23.7 Å². The lowest BCUT2D eigenvalue weighted by Crippen LogP contribution is -2.55. The number of carbonyl (C=O) groups excluding carboxylic acids is 2. The Balaban J connectivity index is 2.50. The molecular formula is C11H20N2O2. The van der Waals surface area contributed by atoms with Crippen molar-refractivity contribution in [3.63, 3.8) is 0 Å². The van der Waals surface area contributed by atoms with Gasteiger partial charge in [0.1, 0.15) is 5.78 Å². The van der Waals surface area contributed by atoms with Crippen LogP contribution in [0.4, 0.5) is 0 Å². The number of nitrogens with zero attached hydrogens (tertiary/aromatic N) is 1. The second-order valence-electron chi connectivity index (χ2n) is 4.21. The second kappa shape index (κ2) is 5.26. The molecular weight excluding hydrogens is 192 g/mol. The van der Waals surface area contributed by atoms with E-state index in [4.69, 9.17) is 0 Å². The maximum atomic E-state index is 11.7. The highest BCUT2D eigenvalue weighted by atomic mass is 16.2. The molecule has 1 saturated heterocycles. The van der Waals surface area contributed by atoms with Crippen LogP contribution < -0.4 is 5.32 Å². The van der Waals surface area contributed by atoms with Gasteiger partial charge >= 0.3 is 0 Å². The minimum absolute atomic E-state index is 0.0261. The van der Waals surface area contributed by atoms with Crippen molar-refractivity contribution < 1.29 is 9.59 Å². The standard InChI is InChI=1S/C11H20N2O2/c1-4-8(2)10(14)7-13-6-5-12-11(15)9(13)3/h8-9H,4-7H2,1-3H3,(H,12,15). The van der Waals surface area contributed by atoms with Gasteiger partial charge in [-0.25, -0.2) is 0 Å². The summed E-state index contributed by atoms with van der Waals surface area (Å²) in [4.78, 5) is 25.0. The summed E-state index contributed by atoms with van der Waals surface area (Å²) in [6.45, 7) is 7.62. The van der Waals surface area contributed by atoms with Gasteiger partial charge in [-0.1, -0.05) is 13.8 Å². The van der Waals surface area contributed by atoms with E-state index in [1.165, 1.54) is 0 Å². The van der Waals surface area contributed by atoms with Crippen molar-refractivity contribution in [3.05, 3.63) is 0 Å². The molecule has 0 aromatic heterocycles. The van der Waals surface area contributed by atoms with Crippen LogP contribution in [0.25, 0.3) is 0 Å². The Morgan fingerprint density at radius 3 is 2.93 bits per heavy atom. The zero-order valence-electron chi connectivity index (χ0n) is 9.75. The Morgan fingerprint density at radius 2 is 2.33 bits per heavy atom. The van der Waals surface area contributed by atoms with Crippen LogP contribution in [0.3, 0.4) is 0 Å². The lowest BCUT2D eigenvalue weighted by molar-refractivity contribution is -0.131. The summed E-state index contributed by atoms with van der Waals surface area (Å²) >= 11 is 0. The van der Waals surface area contributed by atoms with E-state index in [0.29, 0.717) is 13.1 Å². The number of piperazine rings is 1. The first-order valence-electron chi connectivity index (χ1n) is 5.60. The molecule has 2 unspecified atom stereocenters. The molecule has 0 saturated carbocycles. The predicted octanol–water partition coefficient (Wildman–Crippen LogP) is 0.422. The molecule has 1 aliphatic rings. The highest BCUT2D eigenvalue weighted by Crippen LogP contribution is 2.08. The van der Waals surface area contributed by atoms with Crippen LogP contribution in [0.1, 0.15) is 27.2 Å². The van der Waals surface area contributed by atoms with E-state index < -0.39 is 0 Å². The molecule has 1 rings (SSSR count). The van der Waals surface area contributed by atoms with Crippen molar-refractivity contribution in [3.8, 4) is 0 Å². The van der Waals surface area contributed by atoms with Crippen LogP contribution in [0.5, 0.6) is 0 Å². The number of ketones is 1. The van der Waals surface area contributed by atoms with E-state index in [1.54, 1.807) is 0 Å². The first kappa shape index (κ1) is 12.2. The zero-order chi connectivity index (χ0) is 11.4. The number of carbonyl (C=O) groups is 2. The van der Waals surface area contributed by atoms with Gasteiger partial charge in [0.2, 0.25) is 5.91 Å². The first-order valence-corrected chi connectivity index (χ1v) is 5.60. The fourth-order valence-corrected chi connectivity index (χ4v) is 1.63. The fraction of sp³-hybridized carbons (Fsp3) is 0.818. The number of hydrogen-bond donors (Lipinski definition) is 1. The summed E-state index contributed by atoms with van der Waals surface area (Å²) in [5.41, 5.74) is 0. The van der Waals surface area contributed by atoms with Crippen molar-refractivity contribution in [2.45, 2.75) is 33.2 Å². The first-order chi connectivity index (χ1) is 7.06. The van der Waals surface area contributed by atoms with E-state index in [1.807, 2.05) is 25.7 Å². The molecule has 0 aromatic rings. The molecule has 0 aromatic carbocycles. The van der Waals surface area contributed by atoms with E-state index in [0.717, 1.165) is 13.0 Å². The van der Waals surface area contributed by atoms with Crippen molar-refractivity contribution in [1.82, 2.24) is 10.2 Å². The van der Waals surface area contributed by atoms with Crippen molar-refractivity contribution in [2.24, 2.45) is 5.92 Å². The third-order valence-electron chi connectivity index (χ3n) is 3.15. The topological polar surface area (TPSA) is 49.4 Å². The average Bonchev–Trinajstić information content (AvgIpc) is 2.23. The Morgan fingerprint density at radius 1 is 1.67 bits per heavy atom. The summed E-state index contributed by atoms with van der Waals surface area (Å²) in [5, 5.41) is 2.79. The van der Waals surface area contributed by atoms with E-state index >= 15 is 0 Å². The van der Waals surface area contributed by atoms with Crippen LogP contribution in [-0.2, 0) is 9.59 Å². The summed E-state index contributed by atoms with van der Waals surface area (Å²) < 4.78 is 0. The Labute approximate surface area is 91.0 Å². The molecule has 1 aliphatic heterocycles. The van der Waals surface area contributed by atoms with Gasteiger partial charge in [0, 0.05) is 19.0 Å². The van der Waals surface area contributed by atoms with Gasteiger partial charge in [-0.2, -0.15) is 0 Å². The zero-order valence-corrected chi connectivity index (χ0v) is 9.75. The molecule has 4 nitrogen and oxygen atoms in total. The minimum Gasteiger partial charge on any atom is -0.353 e. The lowest BCUT2D eigenvalue weighted by atomic mass is 10.0. The van der Waals surface area contributed by atoms with E-state index in [9.17, 15) is 9.59 Å². The highest BCUT2D eigenvalue weighted by molar-refractivity contribution is 5.85. The van der Waals surface area contributed by atoms with Crippen molar-refractivity contribution >= 4 is 11.7 Å². The van der Waals surface area contributed by atoms with Crippen molar-refractivity contribution in [1.29, 1.82) is 0 Å². The second-order valence-corrected chi connectivity index (χ2v) is 4.21. The summed E-state index contributed by atoms with van der Waals surface area (Å²) in [5.74, 6) is 0.361. The third-order valence-corrected chi connectivity index (χ3v) is 3.15. The maximum Gasteiger partial charge on any atom is 0.237 e. The molecule has 4 heteroatoms. The van der Waals surface area contributed by atoms with Gasteiger partial charge in [0.25, 0.3) is 0 Å². The van der Waals surface area contributed by atoms with Gasteiger partial charge in [0.05, 0.1) is 12.6 Å². The van der Waals surface area contributed by atoms with Gasteiger partial charge in [0.15, 0.2) is 0 Å². The van der Waals surface area contributed by atoms with E-state index in [2.05, 4.69) is 5.32 Å². The molecule has 86 valence electrons. The number of rotatable bonds is 4. The maximum absolute atomic E-state index is 11.7. The lowest BCUT2D eigenvalue weighted by Gasteiger charge is -2.32. The molecule has 0 aliphatic carbocycles. The molecule has 1 fully saturated rings. The normalized spacial score (nSPS) is 24.7. The van der Waals surface area contributed by atoms with Gasteiger partial charge in [-0.05, 0) is 13.3 Å². The Kier molecular flexibility index (Phi) is 4.27. The molecule has 0 radical (unpaired) electrons. The molecule has 15 heavy (non-hydrogen) atoms. The summed E-state index contributed by atoms with van der Waals surface area (Å²) in [6.07, 6.45) is 0.868. The number of hydrogen-bond acceptors (Lipinski definition) is 3. The molecule has 0 bridgehead atoms. The number of amides is 1. The summed E-state index contributed by atoms with van der Waals surface area (Å²) in [7, 11) is 0. The van der Waals surface area contributed by atoms with Gasteiger partial charge in [-0.15, -0.1) is 0 Å². The molecule has 1 N–H and O–H groups in total. The number of Topliss-reactive ketones (excluding diaryl/α,β-unsaturated/α-hetero) is 1. The fourth-order valence-electron chi connectivity index (χ4n) is 1.63. The molecule has 1 heterocycles.